The number of rotatable bonds is 7. The summed E-state index contributed by atoms with van der Waals surface area (Å²) < 4.78 is 12.1. The molecule has 2 amide bonds. The molecule has 4 rings (SSSR count). The maximum Gasteiger partial charge on any atom is 0.282 e. The highest BCUT2D eigenvalue weighted by Crippen LogP contribution is 2.44. The van der Waals surface area contributed by atoms with Crippen LogP contribution < -0.4 is 19.9 Å². The van der Waals surface area contributed by atoms with Crippen LogP contribution in [0, 0.1) is 0 Å². The molecule has 0 unspecified atom stereocenters. The molecule has 0 atom stereocenters. The van der Waals surface area contributed by atoms with Crippen LogP contribution in [0.5, 0.6) is 11.5 Å². The number of hydrazine groups is 1. The monoisotopic (exact) mass is 594 g/mol. The topological polar surface area (TPSA) is 67.9 Å². The van der Waals surface area contributed by atoms with E-state index in [2.05, 4.69) is 21.4 Å². The minimum atomic E-state index is -0.530. The molecule has 1 aliphatic heterocycles. The smallest absolute Gasteiger partial charge is 0.282 e. The van der Waals surface area contributed by atoms with Crippen LogP contribution in [-0.4, -0.2) is 18.4 Å². The second-order valence-electron chi connectivity index (χ2n) is 7.35. The molecule has 180 valence electrons. The number of nitrogens with zero attached hydrogens (tertiary/aromatic N) is 1. The summed E-state index contributed by atoms with van der Waals surface area (Å²) in [6.45, 7) is 2.28. The van der Waals surface area contributed by atoms with Crippen molar-refractivity contribution in [2.45, 2.75) is 13.5 Å². The average Bonchev–Trinajstić information content (AvgIpc) is 3.12. The third kappa shape index (κ3) is 5.43. The van der Waals surface area contributed by atoms with Gasteiger partial charge in [-0.05, 0) is 64.8 Å². The normalized spacial score (nSPS) is 14.4. The molecule has 35 heavy (non-hydrogen) atoms. The molecule has 0 bridgehead atoms. The lowest BCUT2D eigenvalue weighted by Gasteiger charge is -2.17. The summed E-state index contributed by atoms with van der Waals surface area (Å²) in [5.41, 5.74) is 4.26. The van der Waals surface area contributed by atoms with Gasteiger partial charge in [-0.1, -0.05) is 59.1 Å². The Morgan fingerprint density at radius 1 is 1.03 bits per heavy atom. The number of para-hydroxylation sites is 1. The third-order valence-electron chi connectivity index (χ3n) is 5.05. The van der Waals surface area contributed by atoms with Gasteiger partial charge in [0.25, 0.3) is 11.8 Å². The van der Waals surface area contributed by atoms with Crippen LogP contribution in [0.4, 0.5) is 5.69 Å². The van der Waals surface area contributed by atoms with Crippen molar-refractivity contribution >= 4 is 74.3 Å². The number of benzene rings is 3. The summed E-state index contributed by atoms with van der Waals surface area (Å²) in [6, 6.07) is 15.6. The van der Waals surface area contributed by atoms with Gasteiger partial charge in [0.15, 0.2) is 11.5 Å². The molecule has 1 saturated heterocycles. The molecule has 6 nitrogen and oxygen atoms in total. The summed E-state index contributed by atoms with van der Waals surface area (Å²) in [5.74, 6) is -0.373. The third-order valence-corrected chi connectivity index (χ3v) is 7.08. The van der Waals surface area contributed by atoms with Crippen LogP contribution in [0.15, 0.2) is 64.6 Å². The lowest BCUT2D eigenvalue weighted by Crippen LogP contribution is -2.35. The van der Waals surface area contributed by atoms with E-state index in [9.17, 15) is 9.59 Å². The van der Waals surface area contributed by atoms with Gasteiger partial charge in [-0.15, -0.1) is 0 Å². The van der Waals surface area contributed by atoms with Crippen LogP contribution in [-0.2, 0) is 16.2 Å². The highest BCUT2D eigenvalue weighted by molar-refractivity contribution is 9.10. The molecule has 1 N–H and O–H groups in total. The molecule has 0 spiro atoms. The highest BCUT2D eigenvalue weighted by Gasteiger charge is 2.34. The predicted octanol–water partition coefficient (Wildman–Crippen LogP) is 6.85. The van der Waals surface area contributed by atoms with Crippen molar-refractivity contribution in [2.24, 2.45) is 0 Å². The Morgan fingerprint density at radius 3 is 2.46 bits per heavy atom. The first-order chi connectivity index (χ1) is 16.8. The van der Waals surface area contributed by atoms with E-state index in [0.717, 1.165) is 0 Å². The maximum atomic E-state index is 13.0. The maximum absolute atomic E-state index is 13.0. The van der Waals surface area contributed by atoms with Gasteiger partial charge in [0.05, 0.1) is 12.3 Å². The van der Waals surface area contributed by atoms with Crippen LogP contribution >= 0.6 is 50.7 Å². The zero-order valence-electron chi connectivity index (χ0n) is 18.3. The van der Waals surface area contributed by atoms with Crippen LogP contribution in [0.25, 0.3) is 6.08 Å². The number of hydrogen-bond acceptors (Lipinski definition) is 4. The Balaban J connectivity index is 1.67. The Bertz CT molecular complexity index is 1330. The largest absolute Gasteiger partial charge is 0.490 e. The van der Waals surface area contributed by atoms with Crippen molar-refractivity contribution in [3.63, 3.8) is 0 Å². The Hall–Kier alpha value is -2.71. The van der Waals surface area contributed by atoms with Crippen LogP contribution in [0.1, 0.15) is 18.1 Å². The van der Waals surface area contributed by atoms with Gasteiger partial charge in [-0.3, -0.25) is 15.0 Å². The van der Waals surface area contributed by atoms with E-state index < -0.39 is 11.8 Å². The van der Waals surface area contributed by atoms with Gasteiger partial charge in [-0.2, -0.15) is 0 Å². The van der Waals surface area contributed by atoms with E-state index in [4.69, 9.17) is 44.3 Å². The van der Waals surface area contributed by atoms with E-state index >= 15 is 0 Å². The molecule has 1 heterocycles. The fourth-order valence-electron chi connectivity index (χ4n) is 3.37. The summed E-state index contributed by atoms with van der Waals surface area (Å²) in [6.07, 6.45) is 1.46. The number of anilines is 1. The molecule has 3 aromatic rings. The second-order valence-corrected chi connectivity index (χ2v) is 9.37. The van der Waals surface area contributed by atoms with Gasteiger partial charge in [-0.25, -0.2) is 5.01 Å². The standard InChI is InChI=1S/C25H18BrCl3N2O4/c1-2-34-20-11-15(10-18-24(32)30-31(25(18)33)17-6-4-3-5-7-17)21(26)22(29)23(20)35-13-14-8-9-16(27)12-19(14)28/h3-12H,2,13H2,1H3,(H,30,32)/b18-10-. The lowest BCUT2D eigenvalue weighted by molar-refractivity contribution is -0.117. The molecule has 0 aliphatic carbocycles. The zero-order chi connectivity index (χ0) is 25.1. The van der Waals surface area contributed by atoms with Crippen molar-refractivity contribution in [2.75, 3.05) is 11.6 Å². The Labute approximate surface area is 225 Å². The van der Waals surface area contributed by atoms with Gasteiger partial charge < -0.3 is 9.47 Å². The summed E-state index contributed by atoms with van der Waals surface area (Å²) in [7, 11) is 0. The van der Waals surface area contributed by atoms with E-state index in [0.29, 0.717) is 49.4 Å². The minimum Gasteiger partial charge on any atom is -0.490 e. The highest BCUT2D eigenvalue weighted by atomic mass is 79.9. The van der Waals surface area contributed by atoms with E-state index in [1.807, 2.05) is 13.0 Å². The van der Waals surface area contributed by atoms with E-state index in [-0.39, 0.29) is 17.2 Å². The van der Waals surface area contributed by atoms with Gasteiger partial charge in [0, 0.05) is 20.1 Å². The molecular formula is C25H18BrCl3N2O4. The van der Waals surface area contributed by atoms with Crippen molar-refractivity contribution in [3.05, 3.63) is 90.8 Å². The molecule has 10 heteroatoms. The van der Waals surface area contributed by atoms with Crippen molar-refractivity contribution < 1.29 is 19.1 Å². The molecule has 1 aliphatic rings. The predicted molar refractivity (Wildman–Crippen MR) is 141 cm³/mol. The first-order valence-corrected chi connectivity index (χ1v) is 12.4. The summed E-state index contributed by atoms with van der Waals surface area (Å²) in [4.78, 5) is 25.6. The van der Waals surface area contributed by atoms with Crippen LogP contribution in [0.2, 0.25) is 15.1 Å². The van der Waals surface area contributed by atoms with Crippen LogP contribution in [0.3, 0.4) is 0 Å². The average molecular weight is 597 g/mol. The fourth-order valence-corrected chi connectivity index (χ4v) is 4.50. The minimum absolute atomic E-state index is 0.0466. The quantitative estimate of drug-likeness (QED) is 0.239. The number of hydrogen-bond donors (Lipinski definition) is 1. The Kier molecular flexibility index (Phi) is 7.91. The molecule has 0 saturated carbocycles. The fraction of sp³-hybridized carbons (Fsp3) is 0.120. The number of ether oxygens (including phenoxy) is 2. The number of halogens is 4. The molecule has 0 aromatic heterocycles. The van der Waals surface area contributed by atoms with E-state index in [1.165, 1.54) is 11.1 Å². The molecule has 3 aromatic carbocycles. The lowest BCUT2D eigenvalue weighted by atomic mass is 10.1. The first-order valence-electron chi connectivity index (χ1n) is 10.4. The van der Waals surface area contributed by atoms with Crippen molar-refractivity contribution in [1.29, 1.82) is 0 Å². The SMILES string of the molecule is CCOc1cc(/C=C2/C(=O)NN(c3ccccc3)C2=O)c(Br)c(Cl)c1OCc1ccc(Cl)cc1Cl. The van der Waals surface area contributed by atoms with Gasteiger partial charge in [0.1, 0.15) is 17.2 Å². The summed E-state index contributed by atoms with van der Waals surface area (Å²) >= 11 is 22.3. The number of amides is 2. The molecule has 0 radical (unpaired) electrons. The van der Waals surface area contributed by atoms with Gasteiger partial charge in [0.2, 0.25) is 0 Å². The molecular weight excluding hydrogens is 579 g/mol. The number of nitrogens with one attached hydrogen (secondary N) is 1. The summed E-state index contributed by atoms with van der Waals surface area (Å²) in [5, 5.41) is 2.39. The Morgan fingerprint density at radius 2 is 1.77 bits per heavy atom. The van der Waals surface area contributed by atoms with Crippen molar-refractivity contribution in [1.82, 2.24) is 5.43 Å². The second kappa shape index (κ2) is 10.9. The van der Waals surface area contributed by atoms with E-state index in [1.54, 1.807) is 48.5 Å². The number of carbonyl (C=O) groups is 2. The first kappa shape index (κ1) is 25.4. The zero-order valence-corrected chi connectivity index (χ0v) is 22.1. The van der Waals surface area contributed by atoms with Gasteiger partial charge >= 0.3 is 0 Å². The van der Waals surface area contributed by atoms with Crippen molar-refractivity contribution in [3.8, 4) is 11.5 Å². The molecule has 1 fully saturated rings. The number of carbonyl (C=O) groups excluding carboxylic acids is 2.